The minimum Gasteiger partial charge on any atom is -0.354 e. The second-order valence-corrected chi connectivity index (χ2v) is 2.96. The summed E-state index contributed by atoms with van der Waals surface area (Å²) in [5.41, 5.74) is 1.05. The van der Waals surface area contributed by atoms with Crippen LogP contribution in [0, 0.1) is 0 Å². The first-order valence-electron chi connectivity index (χ1n) is 4.71. The van der Waals surface area contributed by atoms with Crippen molar-refractivity contribution in [2.45, 2.75) is 6.42 Å². The first-order chi connectivity index (χ1) is 7.45. The Labute approximate surface area is 87.6 Å². The van der Waals surface area contributed by atoms with Crippen molar-refractivity contribution in [1.29, 1.82) is 0 Å². The molecule has 0 bridgehead atoms. The molecule has 5 heteroatoms. The maximum atomic E-state index is 4.22. The molecule has 2 heterocycles. The summed E-state index contributed by atoms with van der Waals surface area (Å²) in [5.74, 6) is 0.598. The molecule has 2 aromatic rings. The van der Waals surface area contributed by atoms with Gasteiger partial charge in [0.1, 0.15) is 12.7 Å². The van der Waals surface area contributed by atoms with Crippen molar-refractivity contribution < 1.29 is 0 Å². The Morgan fingerprint density at radius 3 is 2.67 bits per heavy atom. The van der Waals surface area contributed by atoms with Crippen LogP contribution in [0.1, 0.15) is 5.69 Å². The first kappa shape index (κ1) is 9.51. The van der Waals surface area contributed by atoms with Crippen LogP contribution in [0.3, 0.4) is 0 Å². The molecule has 5 nitrogen and oxygen atoms in total. The third kappa shape index (κ3) is 2.98. The average molecular weight is 201 g/mol. The molecule has 0 aliphatic rings. The zero-order valence-electron chi connectivity index (χ0n) is 8.17. The summed E-state index contributed by atoms with van der Waals surface area (Å²) < 4.78 is 0. The molecule has 2 rings (SSSR count). The molecule has 15 heavy (non-hydrogen) atoms. The smallest absolute Gasteiger partial charge is 0.225 e. The minimum absolute atomic E-state index is 0.598. The van der Waals surface area contributed by atoms with Gasteiger partial charge in [0.2, 0.25) is 5.95 Å². The molecule has 0 radical (unpaired) electrons. The number of aromatic nitrogens is 4. The number of nitrogens with zero attached hydrogens (tertiary/aromatic N) is 4. The third-order valence-corrected chi connectivity index (χ3v) is 1.88. The Bertz CT molecular complexity index is 350. The van der Waals surface area contributed by atoms with E-state index in [1.54, 1.807) is 6.20 Å². The second-order valence-electron chi connectivity index (χ2n) is 2.96. The summed E-state index contributed by atoms with van der Waals surface area (Å²) >= 11 is 0. The standard InChI is InChI=1S/C10H11N5/c1-2-5-12-9(3-1)4-6-13-10-14-7-11-8-15-10/h1-3,5,7-8H,4,6H2,(H,11,13,14,15). The SMILES string of the molecule is c1ccc(CCNc2ncncn2)nc1. The lowest BCUT2D eigenvalue weighted by molar-refractivity contribution is 0.930. The molecule has 1 N–H and O–H groups in total. The van der Waals surface area contributed by atoms with E-state index in [9.17, 15) is 0 Å². The Balaban J connectivity index is 1.81. The van der Waals surface area contributed by atoms with Crippen molar-refractivity contribution in [2.75, 3.05) is 11.9 Å². The molecule has 0 unspecified atom stereocenters. The van der Waals surface area contributed by atoms with Gasteiger partial charge in [0, 0.05) is 24.9 Å². The predicted molar refractivity (Wildman–Crippen MR) is 56.3 cm³/mol. The summed E-state index contributed by atoms with van der Waals surface area (Å²) in [4.78, 5) is 15.9. The first-order valence-corrected chi connectivity index (χ1v) is 4.71. The van der Waals surface area contributed by atoms with E-state index in [4.69, 9.17) is 0 Å². The van der Waals surface area contributed by atoms with E-state index in [0.29, 0.717) is 5.95 Å². The van der Waals surface area contributed by atoms with Gasteiger partial charge in [-0.2, -0.15) is 0 Å². The summed E-state index contributed by atoms with van der Waals surface area (Å²) in [5, 5.41) is 3.09. The molecular formula is C10H11N5. The Hall–Kier alpha value is -2.04. The Morgan fingerprint density at radius 1 is 1.07 bits per heavy atom. The van der Waals surface area contributed by atoms with Crippen molar-refractivity contribution in [3.8, 4) is 0 Å². The molecule has 0 aliphatic heterocycles. The van der Waals surface area contributed by atoms with Crippen molar-refractivity contribution in [3.05, 3.63) is 42.7 Å². The fourth-order valence-electron chi connectivity index (χ4n) is 1.18. The number of nitrogens with one attached hydrogen (secondary N) is 1. The maximum Gasteiger partial charge on any atom is 0.225 e. The molecule has 0 saturated carbocycles. The largest absolute Gasteiger partial charge is 0.354 e. The van der Waals surface area contributed by atoms with Gasteiger partial charge in [-0.3, -0.25) is 4.98 Å². The van der Waals surface area contributed by atoms with Crippen LogP contribution < -0.4 is 5.32 Å². The number of rotatable bonds is 4. The van der Waals surface area contributed by atoms with Crippen LogP contribution in [-0.4, -0.2) is 26.5 Å². The van der Waals surface area contributed by atoms with Gasteiger partial charge in [0.25, 0.3) is 0 Å². The van der Waals surface area contributed by atoms with Gasteiger partial charge >= 0.3 is 0 Å². The minimum atomic E-state index is 0.598. The second kappa shape index (κ2) is 4.99. The fourth-order valence-corrected chi connectivity index (χ4v) is 1.18. The predicted octanol–water partition coefficient (Wildman–Crippen LogP) is 0.921. The van der Waals surface area contributed by atoms with Crippen LogP contribution in [0.15, 0.2) is 37.1 Å². The molecule has 0 spiro atoms. The maximum absolute atomic E-state index is 4.22. The molecule has 0 atom stereocenters. The van der Waals surface area contributed by atoms with Crippen LogP contribution in [-0.2, 0) is 6.42 Å². The Morgan fingerprint density at radius 2 is 1.93 bits per heavy atom. The van der Waals surface area contributed by atoms with Gasteiger partial charge in [0.05, 0.1) is 0 Å². The van der Waals surface area contributed by atoms with Crippen LogP contribution in [0.4, 0.5) is 5.95 Å². The van der Waals surface area contributed by atoms with Crippen LogP contribution in [0.2, 0.25) is 0 Å². The quantitative estimate of drug-likeness (QED) is 0.797. The zero-order valence-corrected chi connectivity index (χ0v) is 8.17. The summed E-state index contributed by atoms with van der Waals surface area (Å²) in [7, 11) is 0. The van der Waals surface area contributed by atoms with Gasteiger partial charge in [-0.15, -0.1) is 0 Å². The van der Waals surface area contributed by atoms with E-state index < -0.39 is 0 Å². The van der Waals surface area contributed by atoms with E-state index in [1.165, 1.54) is 12.7 Å². The highest BCUT2D eigenvalue weighted by molar-refractivity contribution is 5.21. The highest BCUT2D eigenvalue weighted by Crippen LogP contribution is 1.96. The zero-order chi connectivity index (χ0) is 10.3. The average Bonchev–Trinajstić information content (AvgIpc) is 2.32. The van der Waals surface area contributed by atoms with Crippen molar-refractivity contribution in [3.63, 3.8) is 0 Å². The highest BCUT2D eigenvalue weighted by atomic mass is 15.1. The van der Waals surface area contributed by atoms with E-state index in [0.717, 1.165) is 18.7 Å². The van der Waals surface area contributed by atoms with E-state index in [1.807, 2.05) is 18.2 Å². The number of hydrogen-bond donors (Lipinski definition) is 1. The number of pyridine rings is 1. The summed E-state index contributed by atoms with van der Waals surface area (Å²) in [6, 6.07) is 5.88. The fraction of sp³-hybridized carbons (Fsp3) is 0.200. The lowest BCUT2D eigenvalue weighted by Crippen LogP contribution is -2.08. The van der Waals surface area contributed by atoms with Crippen LogP contribution in [0.5, 0.6) is 0 Å². The molecule has 0 aliphatic carbocycles. The molecule has 0 saturated heterocycles. The lowest BCUT2D eigenvalue weighted by atomic mass is 10.3. The highest BCUT2D eigenvalue weighted by Gasteiger charge is 1.95. The van der Waals surface area contributed by atoms with Gasteiger partial charge in [-0.1, -0.05) is 6.07 Å². The van der Waals surface area contributed by atoms with E-state index in [2.05, 4.69) is 25.3 Å². The van der Waals surface area contributed by atoms with Crippen LogP contribution in [0.25, 0.3) is 0 Å². The van der Waals surface area contributed by atoms with E-state index in [-0.39, 0.29) is 0 Å². The lowest BCUT2D eigenvalue weighted by Gasteiger charge is -2.02. The third-order valence-electron chi connectivity index (χ3n) is 1.88. The molecule has 2 aromatic heterocycles. The van der Waals surface area contributed by atoms with Crippen molar-refractivity contribution in [1.82, 2.24) is 19.9 Å². The topological polar surface area (TPSA) is 63.6 Å². The Kier molecular flexibility index (Phi) is 3.17. The van der Waals surface area contributed by atoms with Gasteiger partial charge < -0.3 is 5.32 Å². The molecule has 0 fully saturated rings. The number of hydrogen-bond acceptors (Lipinski definition) is 5. The van der Waals surface area contributed by atoms with Gasteiger partial charge in [-0.05, 0) is 12.1 Å². The van der Waals surface area contributed by atoms with Crippen LogP contribution >= 0.6 is 0 Å². The van der Waals surface area contributed by atoms with E-state index >= 15 is 0 Å². The van der Waals surface area contributed by atoms with Gasteiger partial charge in [0.15, 0.2) is 0 Å². The summed E-state index contributed by atoms with van der Waals surface area (Å²) in [6.45, 7) is 0.765. The molecule has 0 aromatic carbocycles. The monoisotopic (exact) mass is 201 g/mol. The normalized spacial score (nSPS) is 9.87. The summed E-state index contributed by atoms with van der Waals surface area (Å²) in [6.07, 6.45) is 5.58. The molecular weight excluding hydrogens is 190 g/mol. The van der Waals surface area contributed by atoms with Crippen molar-refractivity contribution in [2.24, 2.45) is 0 Å². The number of anilines is 1. The van der Waals surface area contributed by atoms with Gasteiger partial charge in [-0.25, -0.2) is 15.0 Å². The molecule has 0 amide bonds. The van der Waals surface area contributed by atoms with Crippen molar-refractivity contribution >= 4 is 5.95 Å². The molecule has 76 valence electrons.